The molecular weight excluding hydrogens is 252 g/mol. The van der Waals surface area contributed by atoms with Gasteiger partial charge in [0.1, 0.15) is 10.8 Å². The monoisotopic (exact) mass is 263 g/mol. The van der Waals surface area contributed by atoms with E-state index in [1.165, 1.54) is 6.07 Å². The Morgan fingerprint density at radius 2 is 2.24 bits per heavy atom. The number of carbonyl (C=O) groups excluding carboxylic acids is 1. The minimum absolute atomic E-state index is 0.0212. The number of nitrogens with zero attached hydrogens (tertiary/aromatic N) is 1. The summed E-state index contributed by atoms with van der Waals surface area (Å²) in [7, 11) is 0. The van der Waals surface area contributed by atoms with Crippen LogP contribution in [-0.2, 0) is 16.0 Å². The Bertz CT molecular complexity index is 424. The molecule has 0 aliphatic rings. The number of rotatable bonds is 4. The molecule has 3 nitrogen and oxygen atoms in total. The number of aromatic nitrogens is 1. The fourth-order valence-corrected chi connectivity index (χ4v) is 1.50. The van der Waals surface area contributed by atoms with Crippen molar-refractivity contribution in [3.63, 3.8) is 0 Å². The fourth-order valence-electron chi connectivity index (χ4n) is 1.36. The molecule has 0 aromatic carbocycles. The van der Waals surface area contributed by atoms with Gasteiger partial charge in [0.2, 0.25) is 0 Å². The van der Waals surface area contributed by atoms with Gasteiger partial charge in [0.25, 0.3) is 6.43 Å². The number of hydrogen-bond acceptors (Lipinski definition) is 3. The third kappa shape index (κ3) is 3.63. The van der Waals surface area contributed by atoms with Crippen molar-refractivity contribution in [2.45, 2.75) is 26.7 Å². The summed E-state index contributed by atoms with van der Waals surface area (Å²) in [5.74, 6) is -0.557. The molecule has 0 spiro atoms. The summed E-state index contributed by atoms with van der Waals surface area (Å²) in [5, 5.41) is 0.0212. The van der Waals surface area contributed by atoms with Crippen molar-refractivity contribution < 1.29 is 18.3 Å². The Morgan fingerprint density at radius 1 is 1.59 bits per heavy atom. The average Bonchev–Trinajstić information content (AvgIpc) is 2.23. The van der Waals surface area contributed by atoms with Crippen LogP contribution < -0.4 is 0 Å². The molecule has 1 heterocycles. The van der Waals surface area contributed by atoms with Crippen LogP contribution >= 0.6 is 11.6 Å². The van der Waals surface area contributed by atoms with Crippen molar-refractivity contribution >= 4 is 17.6 Å². The summed E-state index contributed by atoms with van der Waals surface area (Å²) in [4.78, 5) is 14.8. The lowest BCUT2D eigenvalue weighted by molar-refractivity contribution is -0.142. The summed E-state index contributed by atoms with van der Waals surface area (Å²) >= 11 is 5.67. The third-order valence-electron chi connectivity index (χ3n) is 2.11. The van der Waals surface area contributed by atoms with E-state index < -0.39 is 18.1 Å². The van der Waals surface area contributed by atoms with E-state index in [2.05, 4.69) is 4.98 Å². The van der Waals surface area contributed by atoms with Gasteiger partial charge in [-0.05, 0) is 25.0 Å². The minimum Gasteiger partial charge on any atom is -0.466 e. The van der Waals surface area contributed by atoms with Gasteiger partial charge in [-0.15, -0.1) is 0 Å². The molecule has 0 amide bonds. The van der Waals surface area contributed by atoms with Gasteiger partial charge in [0.05, 0.1) is 13.0 Å². The molecule has 0 saturated heterocycles. The zero-order valence-electron chi connectivity index (χ0n) is 9.47. The third-order valence-corrected chi connectivity index (χ3v) is 2.49. The first-order valence-corrected chi connectivity index (χ1v) is 5.43. The zero-order valence-corrected chi connectivity index (χ0v) is 10.2. The number of aryl methyl sites for hydroxylation is 1. The summed E-state index contributed by atoms with van der Waals surface area (Å²) in [6.07, 6.45) is -2.99. The molecule has 6 heteroatoms. The average molecular weight is 264 g/mol. The molecule has 1 aromatic heterocycles. The second-order valence-electron chi connectivity index (χ2n) is 3.42. The number of carbonyl (C=O) groups is 1. The number of ether oxygens (including phenoxy) is 1. The van der Waals surface area contributed by atoms with E-state index in [1.54, 1.807) is 13.8 Å². The summed E-state index contributed by atoms with van der Waals surface area (Å²) in [6, 6.07) is 1.44. The number of alkyl halides is 2. The highest BCUT2D eigenvalue weighted by Crippen LogP contribution is 2.25. The molecule has 1 rings (SSSR count). The standard InChI is InChI=1S/C11H12ClF2NO2/c1-3-17-8(16)5-7-4-6(2)10(12)15-9(7)11(13)14/h4,11H,3,5H2,1-2H3. The molecule has 0 fully saturated rings. The van der Waals surface area contributed by atoms with Crippen LogP contribution in [0.25, 0.3) is 0 Å². The Balaban J connectivity index is 3.04. The van der Waals surface area contributed by atoms with Crippen molar-refractivity contribution in [1.29, 1.82) is 0 Å². The van der Waals surface area contributed by atoms with E-state index in [0.29, 0.717) is 5.56 Å². The number of esters is 1. The molecule has 0 aliphatic carbocycles. The van der Waals surface area contributed by atoms with Gasteiger partial charge < -0.3 is 4.74 Å². The van der Waals surface area contributed by atoms with E-state index in [4.69, 9.17) is 16.3 Å². The quantitative estimate of drug-likeness (QED) is 0.619. The highest BCUT2D eigenvalue weighted by atomic mass is 35.5. The lowest BCUT2D eigenvalue weighted by atomic mass is 10.1. The minimum atomic E-state index is -2.77. The highest BCUT2D eigenvalue weighted by Gasteiger charge is 2.19. The van der Waals surface area contributed by atoms with Gasteiger partial charge in [-0.1, -0.05) is 17.7 Å². The maximum atomic E-state index is 12.7. The van der Waals surface area contributed by atoms with E-state index in [9.17, 15) is 13.6 Å². The van der Waals surface area contributed by atoms with Crippen LogP contribution in [0.2, 0.25) is 5.15 Å². The molecule has 17 heavy (non-hydrogen) atoms. The van der Waals surface area contributed by atoms with E-state index >= 15 is 0 Å². The second kappa shape index (κ2) is 5.91. The predicted octanol–water partition coefficient (Wildman–Crippen LogP) is 3.09. The molecule has 0 aliphatic heterocycles. The molecular formula is C11H12ClF2NO2. The maximum absolute atomic E-state index is 12.7. The van der Waals surface area contributed by atoms with Gasteiger partial charge in [0, 0.05) is 0 Å². The van der Waals surface area contributed by atoms with Crippen molar-refractivity contribution in [2.24, 2.45) is 0 Å². The Hall–Kier alpha value is -1.23. The first kappa shape index (κ1) is 13.8. The molecule has 0 bridgehead atoms. The zero-order chi connectivity index (χ0) is 13.0. The summed E-state index contributed by atoms with van der Waals surface area (Å²) in [5.41, 5.74) is 0.240. The lowest BCUT2D eigenvalue weighted by Gasteiger charge is -2.09. The van der Waals surface area contributed by atoms with Gasteiger partial charge in [-0.25, -0.2) is 13.8 Å². The Labute approximate surface area is 103 Å². The van der Waals surface area contributed by atoms with Crippen LogP contribution in [-0.4, -0.2) is 17.6 Å². The summed E-state index contributed by atoms with van der Waals surface area (Å²) < 4.78 is 30.1. The molecule has 94 valence electrons. The fraction of sp³-hybridized carbons (Fsp3) is 0.455. The SMILES string of the molecule is CCOC(=O)Cc1cc(C)c(Cl)nc1C(F)F. The van der Waals surface area contributed by atoms with Crippen molar-refractivity contribution in [3.8, 4) is 0 Å². The van der Waals surface area contributed by atoms with E-state index in [0.717, 1.165) is 0 Å². The van der Waals surface area contributed by atoms with Gasteiger partial charge in [-0.2, -0.15) is 0 Å². The van der Waals surface area contributed by atoms with Crippen molar-refractivity contribution in [1.82, 2.24) is 4.98 Å². The summed E-state index contributed by atoms with van der Waals surface area (Å²) in [6.45, 7) is 3.50. The molecule has 1 aromatic rings. The Morgan fingerprint density at radius 3 is 2.76 bits per heavy atom. The van der Waals surface area contributed by atoms with Gasteiger partial charge in [-0.3, -0.25) is 4.79 Å². The second-order valence-corrected chi connectivity index (χ2v) is 3.78. The van der Waals surface area contributed by atoms with Crippen LogP contribution in [0, 0.1) is 6.92 Å². The van der Waals surface area contributed by atoms with Crippen molar-refractivity contribution in [3.05, 3.63) is 28.0 Å². The van der Waals surface area contributed by atoms with Crippen LogP contribution in [0.3, 0.4) is 0 Å². The predicted molar refractivity (Wildman–Crippen MR) is 59.3 cm³/mol. The number of pyridine rings is 1. The topological polar surface area (TPSA) is 39.2 Å². The maximum Gasteiger partial charge on any atom is 0.310 e. The number of halogens is 3. The molecule has 0 atom stereocenters. The smallest absolute Gasteiger partial charge is 0.310 e. The lowest BCUT2D eigenvalue weighted by Crippen LogP contribution is -2.11. The van der Waals surface area contributed by atoms with Crippen molar-refractivity contribution in [2.75, 3.05) is 6.61 Å². The van der Waals surface area contributed by atoms with E-state index in [-0.39, 0.29) is 23.7 Å². The van der Waals surface area contributed by atoms with Gasteiger partial charge >= 0.3 is 5.97 Å². The normalized spacial score (nSPS) is 10.7. The van der Waals surface area contributed by atoms with Gasteiger partial charge in [0.15, 0.2) is 0 Å². The highest BCUT2D eigenvalue weighted by molar-refractivity contribution is 6.30. The molecule has 0 radical (unpaired) electrons. The largest absolute Gasteiger partial charge is 0.466 e. The molecule has 0 unspecified atom stereocenters. The number of hydrogen-bond donors (Lipinski definition) is 0. The van der Waals surface area contributed by atoms with Crippen LogP contribution in [0.5, 0.6) is 0 Å². The molecule has 0 N–H and O–H groups in total. The first-order valence-electron chi connectivity index (χ1n) is 5.05. The Kier molecular flexibility index (Phi) is 4.81. The van der Waals surface area contributed by atoms with E-state index in [1.807, 2.05) is 0 Å². The van der Waals surface area contributed by atoms with Crippen LogP contribution in [0.15, 0.2) is 6.07 Å². The first-order chi connectivity index (χ1) is 7.95. The van der Waals surface area contributed by atoms with Crippen LogP contribution in [0.1, 0.15) is 30.2 Å². The molecule has 0 saturated carbocycles. The van der Waals surface area contributed by atoms with Crippen LogP contribution in [0.4, 0.5) is 8.78 Å².